The summed E-state index contributed by atoms with van der Waals surface area (Å²) in [5.41, 5.74) is 2.36. The second kappa shape index (κ2) is 7.73. The maximum absolute atomic E-state index is 12.8. The van der Waals surface area contributed by atoms with Gasteiger partial charge >= 0.3 is 0 Å². The molecule has 4 rings (SSSR count). The van der Waals surface area contributed by atoms with Crippen molar-refractivity contribution in [3.8, 4) is 0 Å². The summed E-state index contributed by atoms with van der Waals surface area (Å²) in [4.78, 5) is 27.0. The number of carbonyl (C=O) groups excluding carboxylic acids is 2. The van der Waals surface area contributed by atoms with Crippen molar-refractivity contribution in [3.63, 3.8) is 0 Å². The minimum absolute atomic E-state index is 0.161. The summed E-state index contributed by atoms with van der Waals surface area (Å²) < 4.78 is 0.937. The first-order valence-corrected chi connectivity index (χ1v) is 9.75. The number of likely N-dealkylation sites (tertiary alicyclic amines) is 1. The van der Waals surface area contributed by atoms with E-state index in [-0.39, 0.29) is 31.2 Å². The fourth-order valence-electron chi connectivity index (χ4n) is 3.46. The first-order chi connectivity index (χ1) is 13.5. The molecule has 1 saturated heterocycles. The van der Waals surface area contributed by atoms with Gasteiger partial charge in [0.1, 0.15) is 6.04 Å². The number of hydrogen-bond donors (Lipinski definition) is 3. The molecule has 1 aromatic heterocycles. The second-order valence-corrected chi connectivity index (χ2v) is 7.83. The molecule has 2 aromatic carbocycles. The Kier molecular flexibility index (Phi) is 5.15. The smallest absolute Gasteiger partial charge is 0.247 e. The van der Waals surface area contributed by atoms with Gasteiger partial charge in [-0.1, -0.05) is 28.1 Å². The van der Waals surface area contributed by atoms with Crippen LogP contribution in [0.1, 0.15) is 12.0 Å². The molecular weight excluding hydrogens is 424 g/mol. The van der Waals surface area contributed by atoms with Gasteiger partial charge in [0.2, 0.25) is 11.8 Å². The van der Waals surface area contributed by atoms with Gasteiger partial charge in [0.25, 0.3) is 0 Å². The van der Waals surface area contributed by atoms with Crippen LogP contribution >= 0.6 is 15.9 Å². The Labute approximate surface area is 169 Å². The number of carbonyl (C=O) groups is 2. The third kappa shape index (κ3) is 3.93. The van der Waals surface area contributed by atoms with Crippen LogP contribution in [0.4, 0.5) is 5.69 Å². The zero-order valence-corrected chi connectivity index (χ0v) is 16.5. The van der Waals surface area contributed by atoms with Crippen molar-refractivity contribution < 1.29 is 14.7 Å². The largest absolute Gasteiger partial charge is 0.391 e. The molecular formula is C20H19BrN4O3. The number of rotatable bonds is 4. The number of benzene rings is 2. The number of aliphatic hydroxyl groups excluding tert-OH is 1. The maximum atomic E-state index is 12.8. The van der Waals surface area contributed by atoms with Crippen LogP contribution in [-0.2, 0) is 16.0 Å². The molecule has 28 heavy (non-hydrogen) atoms. The molecule has 2 atom stereocenters. The Morgan fingerprint density at radius 1 is 1.25 bits per heavy atom. The molecule has 1 aliphatic heterocycles. The average Bonchev–Trinajstić information content (AvgIpc) is 3.29. The van der Waals surface area contributed by atoms with E-state index in [0.29, 0.717) is 5.69 Å². The number of aliphatic hydroxyl groups is 1. The van der Waals surface area contributed by atoms with Crippen LogP contribution < -0.4 is 5.32 Å². The van der Waals surface area contributed by atoms with Crippen LogP contribution in [0.2, 0.25) is 0 Å². The maximum Gasteiger partial charge on any atom is 0.247 e. The number of aromatic nitrogens is 2. The molecule has 2 amide bonds. The molecule has 7 nitrogen and oxygen atoms in total. The van der Waals surface area contributed by atoms with E-state index in [1.54, 1.807) is 12.3 Å². The molecule has 0 unspecified atom stereocenters. The van der Waals surface area contributed by atoms with Crippen molar-refractivity contribution in [2.24, 2.45) is 0 Å². The van der Waals surface area contributed by atoms with Crippen LogP contribution in [0.25, 0.3) is 10.9 Å². The summed E-state index contributed by atoms with van der Waals surface area (Å²) in [7, 11) is 0. The quantitative estimate of drug-likeness (QED) is 0.577. The van der Waals surface area contributed by atoms with Gasteiger partial charge in [-0.15, -0.1) is 0 Å². The van der Waals surface area contributed by atoms with Crippen molar-refractivity contribution in [1.82, 2.24) is 15.1 Å². The van der Waals surface area contributed by atoms with Crippen molar-refractivity contribution >= 4 is 44.3 Å². The lowest BCUT2D eigenvalue weighted by molar-refractivity contribution is -0.136. The van der Waals surface area contributed by atoms with E-state index in [4.69, 9.17) is 0 Å². The van der Waals surface area contributed by atoms with E-state index in [1.165, 1.54) is 4.90 Å². The Morgan fingerprint density at radius 2 is 2.04 bits per heavy atom. The van der Waals surface area contributed by atoms with Crippen LogP contribution in [0, 0.1) is 0 Å². The summed E-state index contributed by atoms with van der Waals surface area (Å²) in [5, 5.41) is 20.6. The molecule has 1 fully saturated rings. The highest BCUT2D eigenvalue weighted by Gasteiger charge is 2.38. The molecule has 3 N–H and O–H groups in total. The predicted molar refractivity (Wildman–Crippen MR) is 109 cm³/mol. The van der Waals surface area contributed by atoms with Gasteiger partial charge in [0, 0.05) is 28.5 Å². The minimum Gasteiger partial charge on any atom is -0.391 e. The molecule has 0 saturated carbocycles. The first kappa shape index (κ1) is 18.6. The van der Waals surface area contributed by atoms with E-state index >= 15 is 0 Å². The van der Waals surface area contributed by atoms with Gasteiger partial charge in [-0.2, -0.15) is 5.10 Å². The molecule has 0 spiro atoms. The number of amides is 2. The average molecular weight is 443 g/mol. The second-order valence-electron chi connectivity index (χ2n) is 6.92. The number of H-pyrrole nitrogens is 1. The van der Waals surface area contributed by atoms with Gasteiger partial charge in [-0.05, 0) is 35.9 Å². The molecule has 144 valence electrons. The first-order valence-electron chi connectivity index (χ1n) is 8.95. The molecule has 0 aliphatic carbocycles. The van der Waals surface area contributed by atoms with Gasteiger partial charge in [0.15, 0.2) is 0 Å². The lowest BCUT2D eigenvalue weighted by Crippen LogP contribution is -2.43. The highest BCUT2D eigenvalue weighted by molar-refractivity contribution is 9.10. The fourth-order valence-corrected chi connectivity index (χ4v) is 3.73. The molecule has 1 aliphatic rings. The van der Waals surface area contributed by atoms with Gasteiger partial charge < -0.3 is 15.3 Å². The number of nitrogens with one attached hydrogen (secondary N) is 2. The van der Waals surface area contributed by atoms with Crippen molar-refractivity contribution in [1.29, 1.82) is 0 Å². The third-order valence-electron chi connectivity index (χ3n) is 4.88. The summed E-state index contributed by atoms with van der Waals surface area (Å²) in [6.45, 7) is 0.161. The lowest BCUT2D eigenvalue weighted by Gasteiger charge is -2.24. The predicted octanol–water partition coefficient (Wildman–Crippen LogP) is 2.47. The third-order valence-corrected chi connectivity index (χ3v) is 5.41. The van der Waals surface area contributed by atoms with Crippen molar-refractivity contribution in [2.75, 3.05) is 11.9 Å². The van der Waals surface area contributed by atoms with E-state index < -0.39 is 12.1 Å². The molecule has 3 aromatic rings. The number of fused-ring (bicyclic) bond motifs is 1. The number of hydrogen-bond acceptors (Lipinski definition) is 4. The normalized spacial score (nSPS) is 19.1. The zero-order valence-electron chi connectivity index (χ0n) is 14.9. The van der Waals surface area contributed by atoms with Gasteiger partial charge in [0.05, 0.1) is 24.2 Å². The minimum atomic E-state index is -0.707. The number of nitrogens with zero attached hydrogens (tertiary/aromatic N) is 2. The number of β-amino-alcohol motifs (C(OH)–C–C–N with tert-alkyl or cyclic N) is 1. The highest BCUT2D eigenvalue weighted by atomic mass is 79.9. The molecule has 8 heteroatoms. The Bertz CT molecular complexity index is 1020. The Hall–Kier alpha value is -2.71. The van der Waals surface area contributed by atoms with Gasteiger partial charge in [-0.3, -0.25) is 14.7 Å². The number of anilines is 1. The van der Waals surface area contributed by atoms with Crippen molar-refractivity contribution in [3.05, 3.63) is 58.7 Å². The van der Waals surface area contributed by atoms with Crippen LogP contribution in [0.15, 0.2) is 53.1 Å². The highest BCUT2D eigenvalue weighted by Crippen LogP contribution is 2.23. The van der Waals surface area contributed by atoms with Crippen molar-refractivity contribution in [2.45, 2.75) is 25.0 Å². The van der Waals surface area contributed by atoms with E-state index in [2.05, 4.69) is 31.4 Å². The molecule has 2 heterocycles. The summed E-state index contributed by atoms with van der Waals surface area (Å²) in [5.74, 6) is -0.479. The number of aromatic amines is 1. The lowest BCUT2D eigenvalue weighted by atomic mass is 10.1. The fraction of sp³-hybridized carbons (Fsp3) is 0.250. The van der Waals surface area contributed by atoms with E-state index in [0.717, 1.165) is 20.9 Å². The Morgan fingerprint density at radius 3 is 2.82 bits per heavy atom. The summed E-state index contributed by atoms with van der Waals surface area (Å²) in [6.07, 6.45) is 1.38. The van der Waals surface area contributed by atoms with E-state index in [9.17, 15) is 14.7 Å². The SMILES string of the molecule is O=C(Nc1ccc2[nH]ncc2c1)[C@@H]1C[C@@H](O)CN1C(=O)Cc1ccc(Br)cc1. The Balaban J connectivity index is 1.47. The van der Waals surface area contributed by atoms with Crippen LogP contribution in [0.3, 0.4) is 0 Å². The van der Waals surface area contributed by atoms with Gasteiger partial charge in [-0.25, -0.2) is 0 Å². The zero-order chi connectivity index (χ0) is 19.7. The molecule has 0 bridgehead atoms. The number of halogens is 1. The standard InChI is InChI=1S/C20H19BrN4O3/c21-14-3-1-12(2-4-14)7-19(27)25-11-16(26)9-18(25)20(28)23-15-5-6-17-13(8-15)10-22-24-17/h1-6,8,10,16,18,26H,7,9,11H2,(H,22,24)(H,23,28)/t16-,18+/m1/s1. The monoisotopic (exact) mass is 442 g/mol. The van der Waals surface area contributed by atoms with Crippen LogP contribution in [-0.4, -0.2) is 50.7 Å². The van der Waals surface area contributed by atoms with Crippen LogP contribution in [0.5, 0.6) is 0 Å². The summed E-state index contributed by atoms with van der Waals surface area (Å²) >= 11 is 3.37. The summed E-state index contributed by atoms with van der Waals surface area (Å²) in [6, 6.07) is 12.2. The van der Waals surface area contributed by atoms with E-state index in [1.807, 2.05) is 36.4 Å². The topological polar surface area (TPSA) is 98.3 Å². The molecule has 0 radical (unpaired) electrons.